The number of aryl methyl sites for hydroxylation is 1. The molecule has 1 N–H and O–H groups in total. The first kappa shape index (κ1) is 18.2. The van der Waals surface area contributed by atoms with E-state index in [-0.39, 0.29) is 17.8 Å². The number of rotatable bonds is 5. The molecule has 1 aliphatic rings. The van der Waals surface area contributed by atoms with Gasteiger partial charge in [0.15, 0.2) is 0 Å². The topological polar surface area (TPSA) is 58.6 Å². The molecule has 5 nitrogen and oxygen atoms in total. The summed E-state index contributed by atoms with van der Waals surface area (Å²) < 4.78 is 6.21. The number of anilines is 1. The first-order valence-corrected chi connectivity index (χ1v) is 9.02. The molecule has 6 heteroatoms. The summed E-state index contributed by atoms with van der Waals surface area (Å²) in [5, 5.41) is 2.96. The Hall–Kier alpha value is -1.15. The number of piperidine rings is 1. The highest BCUT2D eigenvalue weighted by Crippen LogP contribution is 2.20. The van der Waals surface area contributed by atoms with Gasteiger partial charge in [0.05, 0.1) is 19.1 Å². The van der Waals surface area contributed by atoms with Crippen LogP contribution in [0.3, 0.4) is 0 Å². The van der Waals surface area contributed by atoms with Gasteiger partial charge in [0, 0.05) is 9.26 Å². The number of amides is 1. The lowest BCUT2D eigenvalue weighted by molar-refractivity contribution is -0.149. The van der Waals surface area contributed by atoms with Gasteiger partial charge in [-0.3, -0.25) is 14.5 Å². The second-order valence-corrected chi connectivity index (χ2v) is 7.06. The van der Waals surface area contributed by atoms with Crippen LogP contribution in [0.1, 0.15) is 25.3 Å². The van der Waals surface area contributed by atoms with Gasteiger partial charge >= 0.3 is 5.97 Å². The molecule has 23 heavy (non-hydrogen) atoms. The number of halogens is 1. The van der Waals surface area contributed by atoms with Gasteiger partial charge in [-0.15, -0.1) is 0 Å². The number of esters is 1. The van der Waals surface area contributed by atoms with Crippen LogP contribution in [0, 0.1) is 16.4 Å². The molecule has 1 aromatic rings. The summed E-state index contributed by atoms with van der Waals surface area (Å²) in [5.74, 6) is -0.136. The Kier molecular flexibility index (Phi) is 6.83. The van der Waals surface area contributed by atoms with Crippen molar-refractivity contribution in [1.29, 1.82) is 0 Å². The van der Waals surface area contributed by atoms with Crippen molar-refractivity contribution in [1.82, 2.24) is 4.90 Å². The third-order valence-electron chi connectivity index (χ3n) is 4.04. The van der Waals surface area contributed by atoms with E-state index in [1.54, 1.807) is 0 Å². The second kappa shape index (κ2) is 8.63. The number of hydrogen-bond donors (Lipinski definition) is 1. The fourth-order valence-corrected chi connectivity index (χ4v) is 3.39. The number of ether oxygens (including phenoxy) is 1. The summed E-state index contributed by atoms with van der Waals surface area (Å²) in [6.45, 7) is 6.11. The van der Waals surface area contributed by atoms with Gasteiger partial charge in [0.1, 0.15) is 0 Å². The molecule has 1 aromatic carbocycles. The van der Waals surface area contributed by atoms with E-state index in [9.17, 15) is 9.59 Å². The third-order valence-corrected chi connectivity index (χ3v) is 4.71. The van der Waals surface area contributed by atoms with Crippen molar-refractivity contribution in [2.45, 2.75) is 26.7 Å². The lowest BCUT2D eigenvalue weighted by atomic mass is 9.97. The number of nitrogens with one attached hydrogen (secondary N) is 1. The lowest BCUT2D eigenvalue weighted by Crippen LogP contribution is -2.41. The van der Waals surface area contributed by atoms with Gasteiger partial charge < -0.3 is 10.1 Å². The van der Waals surface area contributed by atoms with Crippen molar-refractivity contribution in [3.63, 3.8) is 0 Å². The predicted molar refractivity (Wildman–Crippen MR) is 98.3 cm³/mol. The zero-order valence-electron chi connectivity index (χ0n) is 13.6. The van der Waals surface area contributed by atoms with E-state index < -0.39 is 0 Å². The van der Waals surface area contributed by atoms with E-state index in [0.29, 0.717) is 13.2 Å². The number of hydrogen-bond acceptors (Lipinski definition) is 4. The summed E-state index contributed by atoms with van der Waals surface area (Å²) in [6.07, 6.45) is 1.52. The molecule has 126 valence electrons. The quantitative estimate of drug-likeness (QED) is 0.577. The summed E-state index contributed by atoms with van der Waals surface area (Å²) >= 11 is 2.25. The minimum absolute atomic E-state index is 0.0103. The molecule has 0 aromatic heterocycles. The maximum atomic E-state index is 12.2. The fraction of sp³-hybridized carbons (Fsp3) is 0.529. The molecule has 0 bridgehead atoms. The van der Waals surface area contributed by atoms with E-state index in [0.717, 1.165) is 40.8 Å². The number of nitrogens with zero attached hydrogens (tertiary/aromatic N) is 1. The summed E-state index contributed by atoms with van der Waals surface area (Å²) in [4.78, 5) is 26.0. The minimum atomic E-state index is -0.105. The fourth-order valence-electron chi connectivity index (χ4n) is 2.75. The van der Waals surface area contributed by atoms with E-state index in [1.165, 1.54) is 0 Å². The zero-order chi connectivity index (χ0) is 16.8. The van der Waals surface area contributed by atoms with E-state index in [4.69, 9.17) is 4.74 Å². The van der Waals surface area contributed by atoms with Gasteiger partial charge in [-0.05, 0) is 86.1 Å². The van der Waals surface area contributed by atoms with Crippen molar-refractivity contribution < 1.29 is 14.3 Å². The lowest BCUT2D eigenvalue weighted by Gasteiger charge is -2.30. The van der Waals surface area contributed by atoms with E-state index in [2.05, 4.69) is 32.8 Å². The highest BCUT2D eigenvalue weighted by Gasteiger charge is 2.26. The monoisotopic (exact) mass is 430 g/mol. The standard InChI is InChI=1S/C17H23IN2O3/c1-3-23-17(22)13-6-8-20(9-7-13)11-16(21)19-15-5-4-14(18)10-12(15)2/h4-5,10,13H,3,6-9,11H2,1-2H3,(H,19,21). The van der Waals surface area contributed by atoms with Crippen molar-refractivity contribution in [3.8, 4) is 0 Å². The Labute approximate surface area is 150 Å². The van der Waals surface area contributed by atoms with Crippen LogP contribution < -0.4 is 5.32 Å². The Balaban J connectivity index is 1.79. The molecule has 1 amide bonds. The molecular formula is C17H23IN2O3. The summed E-state index contributed by atoms with van der Waals surface area (Å²) in [7, 11) is 0. The smallest absolute Gasteiger partial charge is 0.309 e. The average molecular weight is 430 g/mol. The number of carbonyl (C=O) groups excluding carboxylic acids is 2. The first-order valence-electron chi connectivity index (χ1n) is 7.94. The SMILES string of the molecule is CCOC(=O)C1CCN(CC(=O)Nc2ccc(I)cc2C)CC1. The Morgan fingerprint density at radius 2 is 2.04 bits per heavy atom. The Bertz CT molecular complexity index is 569. The molecule has 1 aliphatic heterocycles. The molecular weight excluding hydrogens is 407 g/mol. The molecule has 0 atom stereocenters. The van der Waals surface area contributed by atoms with E-state index in [1.807, 2.05) is 32.0 Å². The van der Waals surface area contributed by atoms with Crippen LogP contribution in [-0.4, -0.2) is 43.0 Å². The summed E-state index contributed by atoms with van der Waals surface area (Å²) in [5.41, 5.74) is 1.92. The Morgan fingerprint density at radius 3 is 2.65 bits per heavy atom. The van der Waals surface area contributed by atoms with Crippen LogP contribution in [0.15, 0.2) is 18.2 Å². The molecule has 0 unspecified atom stereocenters. The average Bonchev–Trinajstić information content (AvgIpc) is 2.51. The van der Waals surface area contributed by atoms with Crippen LogP contribution >= 0.6 is 22.6 Å². The molecule has 0 spiro atoms. The Morgan fingerprint density at radius 1 is 1.35 bits per heavy atom. The van der Waals surface area contributed by atoms with Gasteiger partial charge in [-0.2, -0.15) is 0 Å². The highest BCUT2D eigenvalue weighted by atomic mass is 127. The number of benzene rings is 1. The highest BCUT2D eigenvalue weighted by molar-refractivity contribution is 14.1. The zero-order valence-corrected chi connectivity index (χ0v) is 15.8. The first-order chi connectivity index (χ1) is 11.0. The van der Waals surface area contributed by atoms with Crippen LogP contribution in [0.4, 0.5) is 5.69 Å². The van der Waals surface area contributed by atoms with Crippen LogP contribution in [0.5, 0.6) is 0 Å². The van der Waals surface area contributed by atoms with E-state index >= 15 is 0 Å². The summed E-state index contributed by atoms with van der Waals surface area (Å²) in [6, 6.07) is 5.96. The third kappa shape index (κ3) is 5.46. The molecule has 1 saturated heterocycles. The number of carbonyl (C=O) groups is 2. The van der Waals surface area contributed by atoms with Gasteiger partial charge in [-0.25, -0.2) is 0 Å². The number of likely N-dealkylation sites (tertiary alicyclic amines) is 1. The maximum Gasteiger partial charge on any atom is 0.309 e. The maximum absolute atomic E-state index is 12.2. The molecule has 1 fully saturated rings. The second-order valence-electron chi connectivity index (χ2n) is 5.81. The molecule has 0 radical (unpaired) electrons. The minimum Gasteiger partial charge on any atom is -0.466 e. The largest absolute Gasteiger partial charge is 0.466 e. The molecule has 2 rings (SSSR count). The van der Waals surface area contributed by atoms with Gasteiger partial charge in [0.25, 0.3) is 0 Å². The molecule has 0 saturated carbocycles. The van der Waals surface area contributed by atoms with Crippen LogP contribution in [0.25, 0.3) is 0 Å². The van der Waals surface area contributed by atoms with Crippen molar-refractivity contribution in [2.75, 3.05) is 31.6 Å². The van der Waals surface area contributed by atoms with Crippen molar-refractivity contribution in [3.05, 3.63) is 27.3 Å². The van der Waals surface area contributed by atoms with Crippen molar-refractivity contribution >= 4 is 40.2 Å². The van der Waals surface area contributed by atoms with Crippen LogP contribution in [-0.2, 0) is 14.3 Å². The predicted octanol–water partition coefficient (Wildman–Crippen LogP) is 2.81. The van der Waals surface area contributed by atoms with Crippen molar-refractivity contribution in [2.24, 2.45) is 5.92 Å². The normalized spacial score (nSPS) is 16.1. The molecule has 1 heterocycles. The van der Waals surface area contributed by atoms with Gasteiger partial charge in [-0.1, -0.05) is 0 Å². The van der Waals surface area contributed by atoms with Crippen LogP contribution in [0.2, 0.25) is 0 Å². The van der Waals surface area contributed by atoms with Gasteiger partial charge in [0.2, 0.25) is 5.91 Å². The molecule has 0 aliphatic carbocycles.